The number of rotatable bonds is 4. The summed E-state index contributed by atoms with van der Waals surface area (Å²) >= 11 is 5.89. The highest BCUT2D eigenvalue weighted by Gasteiger charge is 2.13. The highest BCUT2D eigenvalue weighted by molar-refractivity contribution is 6.29. The van der Waals surface area contributed by atoms with Crippen LogP contribution >= 0.6 is 11.6 Å². The van der Waals surface area contributed by atoms with Crippen molar-refractivity contribution in [1.29, 1.82) is 0 Å². The Hall–Kier alpha value is -1.88. The first kappa shape index (κ1) is 14.5. The summed E-state index contributed by atoms with van der Waals surface area (Å²) in [5.74, 6) is 0.270. The Morgan fingerprint density at radius 1 is 1.40 bits per heavy atom. The maximum atomic E-state index is 12.1. The molecule has 0 bridgehead atoms. The molecule has 0 aliphatic carbocycles. The van der Waals surface area contributed by atoms with E-state index in [-0.39, 0.29) is 11.8 Å². The van der Waals surface area contributed by atoms with Crippen molar-refractivity contribution in [1.82, 2.24) is 10.1 Å². The van der Waals surface area contributed by atoms with Gasteiger partial charge in [0.15, 0.2) is 0 Å². The van der Waals surface area contributed by atoms with Gasteiger partial charge in [0.1, 0.15) is 5.15 Å². The van der Waals surface area contributed by atoms with Gasteiger partial charge in [0.25, 0.3) is 5.91 Å². The molecular weight excluding hydrogens is 278 g/mol. The lowest BCUT2D eigenvalue weighted by molar-refractivity contribution is 0.102. The van der Waals surface area contributed by atoms with E-state index in [4.69, 9.17) is 16.1 Å². The summed E-state index contributed by atoms with van der Waals surface area (Å²) in [6.07, 6.45) is 0.709. The molecule has 1 N–H and O–H groups in total. The zero-order valence-corrected chi connectivity index (χ0v) is 12.4. The summed E-state index contributed by atoms with van der Waals surface area (Å²) in [5, 5.41) is 6.84. The third-order valence-corrected chi connectivity index (χ3v) is 3.02. The molecule has 0 aliphatic rings. The summed E-state index contributed by atoms with van der Waals surface area (Å²) < 4.78 is 5.07. The first-order valence-electron chi connectivity index (χ1n) is 6.44. The van der Waals surface area contributed by atoms with Crippen molar-refractivity contribution in [3.63, 3.8) is 0 Å². The van der Waals surface area contributed by atoms with Crippen LogP contribution in [-0.4, -0.2) is 16.0 Å². The molecule has 0 saturated heterocycles. The molecule has 0 radical (unpaired) electrons. The first-order valence-corrected chi connectivity index (χ1v) is 6.81. The highest BCUT2D eigenvalue weighted by atomic mass is 35.5. The van der Waals surface area contributed by atoms with E-state index in [9.17, 15) is 4.79 Å². The zero-order valence-electron chi connectivity index (χ0n) is 11.6. The van der Waals surface area contributed by atoms with Gasteiger partial charge >= 0.3 is 0 Å². The van der Waals surface area contributed by atoms with Crippen LogP contribution in [0.25, 0.3) is 0 Å². The summed E-state index contributed by atoms with van der Waals surface area (Å²) in [7, 11) is 0. The van der Waals surface area contributed by atoms with Gasteiger partial charge < -0.3 is 4.52 Å². The predicted molar refractivity (Wildman–Crippen MR) is 77.2 cm³/mol. The van der Waals surface area contributed by atoms with Crippen molar-refractivity contribution >= 4 is 23.4 Å². The molecule has 20 heavy (non-hydrogen) atoms. The molecule has 2 aromatic heterocycles. The standard InChI is InChI=1S/C14H16ClN3O2/c1-4-10-5-9(6-12(15)16-10)14(19)17-13-7-11(8(2)3)18-20-13/h5-8H,4H2,1-3H3,(H,17,19). The second-order valence-electron chi connectivity index (χ2n) is 4.75. The van der Waals surface area contributed by atoms with Crippen LogP contribution in [0.1, 0.15) is 48.4 Å². The van der Waals surface area contributed by atoms with E-state index in [2.05, 4.69) is 15.5 Å². The lowest BCUT2D eigenvalue weighted by Gasteiger charge is -2.04. The van der Waals surface area contributed by atoms with Gasteiger partial charge in [-0.3, -0.25) is 10.1 Å². The Labute approximate surface area is 122 Å². The van der Waals surface area contributed by atoms with Crippen LogP contribution in [0.4, 0.5) is 5.88 Å². The fourth-order valence-corrected chi connectivity index (χ4v) is 1.89. The molecule has 5 nitrogen and oxygen atoms in total. The van der Waals surface area contributed by atoms with E-state index in [0.29, 0.717) is 23.0 Å². The molecule has 1 amide bonds. The zero-order chi connectivity index (χ0) is 14.7. The van der Waals surface area contributed by atoms with E-state index in [0.717, 1.165) is 11.4 Å². The number of nitrogens with one attached hydrogen (secondary N) is 1. The van der Waals surface area contributed by atoms with Crippen molar-refractivity contribution in [2.75, 3.05) is 5.32 Å². The number of carbonyl (C=O) groups excluding carboxylic acids is 1. The average molecular weight is 294 g/mol. The largest absolute Gasteiger partial charge is 0.338 e. The van der Waals surface area contributed by atoms with Crippen molar-refractivity contribution in [2.24, 2.45) is 0 Å². The van der Waals surface area contributed by atoms with Crippen LogP contribution in [-0.2, 0) is 6.42 Å². The molecule has 2 aromatic rings. The Morgan fingerprint density at radius 2 is 2.15 bits per heavy atom. The van der Waals surface area contributed by atoms with E-state index in [1.165, 1.54) is 6.07 Å². The molecule has 0 atom stereocenters. The molecular formula is C14H16ClN3O2. The number of aryl methyl sites for hydroxylation is 1. The second-order valence-corrected chi connectivity index (χ2v) is 5.14. The minimum atomic E-state index is -0.296. The van der Waals surface area contributed by atoms with Gasteiger partial charge in [-0.15, -0.1) is 0 Å². The molecule has 2 heterocycles. The number of amides is 1. The van der Waals surface area contributed by atoms with Crippen LogP contribution in [0.2, 0.25) is 5.15 Å². The van der Waals surface area contributed by atoms with Gasteiger partial charge in [-0.25, -0.2) is 4.98 Å². The van der Waals surface area contributed by atoms with Gasteiger partial charge in [0, 0.05) is 17.3 Å². The van der Waals surface area contributed by atoms with Crippen molar-refractivity contribution in [3.8, 4) is 0 Å². The smallest absolute Gasteiger partial charge is 0.258 e. The fourth-order valence-electron chi connectivity index (χ4n) is 1.67. The van der Waals surface area contributed by atoms with E-state index in [1.54, 1.807) is 12.1 Å². The maximum Gasteiger partial charge on any atom is 0.258 e. The molecule has 0 aromatic carbocycles. The monoisotopic (exact) mass is 293 g/mol. The number of nitrogens with zero attached hydrogens (tertiary/aromatic N) is 2. The number of carbonyl (C=O) groups is 1. The van der Waals surface area contributed by atoms with Crippen LogP contribution in [0, 0.1) is 0 Å². The third-order valence-electron chi connectivity index (χ3n) is 2.83. The highest BCUT2D eigenvalue weighted by Crippen LogP contribution is 2.19. The van der Waals surface area contributed by atoms with Crippen molar-refractivity contribution in [2.45, 2.75) is 33.1 Å². The minimum Gasteiger partial charge on any atom is -0.338 e. The number of pyridine rings is 1. The third kappa shape index (κ3) is 3.36. The van der Waals surface area contributed by atoms with Crippen LogP contribution < -0.4 is 5.32 Å². The average Bonchev–Trinajstić information content (AvgIpc) is 2.86. The topological polar surface area (TPSA) is 68.0 Å². The molecule has 0 aliphatic heterocycles. The summed E-state index contributed by atoms with van der Waals surface area (Å²) in [4.78, 5) is 16.2. The fraction of sp³-hybridized carbons (Fsp3) is 0.357. The molecule has 0 saturated carbocycles. The maximum absolute atomic E-state index is 12.1. The van der Waals surface area contributed by atoms with E-state index >= 15 is 0 Å². The van der Waals surface area contributed by atoms with Crippen molar-refractivity contribution in [3.05, 3.63) is 40.3 Å². The van der Waals surface area contributed by atoms with E-state index in [1.807, 2.05) is 20.8 Å². The molecule has 2 rings (SSSR count). The Bertz CT molecular complexity index is 623. The van der Waals surface area contributed by atoms with Gasteiger partial charge in [-0.05, 0) is 24.5 Å². The SMILES string of the molecule is CCc1cc(C(=O)Nc2cc(C(C)C)no2)cc(Cl)n1. The number of aromatic nitrogens is 2. The molecule has 106 valence electrons. The van der Waals surface area contributed by atoms with Gasteiger partial charge in [-0.2, -0.15) is 0 Å². The van der Waals surface area contributed by atoms with Crippen LogP contribution in [0.5, 0.6) is 0 Å². The lowest BCUT2D eigenvalue weighted by atomic mass is 10.1. The minimum absolute atomic E-state index is 0.242. The Kier molecular flexibility index (Phi) is 4.39. The molecule has 0 fully saturated rings. The summed E-state index contributed by atoms with van der Waals surface area (Å²) in [6.45, 7) is 5.95. The first-order chi connectivity index (χ1) is 9.49. The molecule has 6 heteroatoms. The molecule has 0 unspecified atom stereocenters. The van der Waals surface area contributed by atoms with Crippen LogP contribution in [0.15, 0.2) is 22.7 Å². The molecule has 0 spiro atoms. The normalized spacial score (nSPS) is 10.8. The van der Waals surface area contributed by atoms with Gasteiger partial charge in [0.05, 0.1) is 5.69 Å². The van der Waals surface area contributed by atoms with Gasteiger partial charge in [-0.1, -0.05) is 37.5 Å². The predicted octanol–water partition coefficient (Wildman–Crippen LogP) is 3.66. The number of anilines is 1. The van der Waals surface area contributed by atoms with E-state index < -0.39 is 0 Å². The Morgan fingerprint density at radius 3 is 2.75 bits per heavy atom. The summed E-state index contributed by atoms with van der Waals surface area (Å²) in [5.41, 5.74) is 2.01. The number of halogens is 1. The Balaban J connectivity index is 2.16. The van der Waals surface area contributed by atoms with Crippen LogP contribution in [0.3, 0.4) is 0 Å². The van der Waals surface area contributed by atoms with Gasteiger partial charge in [0.2, 0.25) is 5.88 Å². The lowest BCUT2D eigenvalue weighted by Crippen LogP contribution is -2.12. The quantitative estimate of drug-likeness (QED) is 0.874. The summed E-state index contributed by atoms with van der Waals surface area (Å²) in [6, 6.07) is 4.95. The number of hydrogen-bond donors (Lipinski definition) is 1. The number of hydrogen-bond acceptors (Lipinski definition) is 4. The van der Waals surface area contributed by atoms with Crippen molar-refractivity contribution < 1.29 is 9.32 Å². The second kappa shape index (κ2) is 6.05.